The van der Waals surface area contributed by atoms with Crippen molar-refractivity contribution in [2.24, 2.45) is 0 Å². The minimum atomic E-state index is -2.79. The predicted molar refractivity (Wildman–Crippen MR) is 170 cm³/mol. The molecular formula is C32H37N3O2SSi. The number of thiocarbonyl (C=S) groups is 1. The number of aryl methyl sites for hydroxylation is 1. The molecule has 0 spiro atoms. The number of hydrogen-bond acceptors (Lipinski definition) is 4. The summed E-state index contributed by atoms with van der Waals surface area (Å²) in [5.41, 5.74) is 3.73. The zero-order valence-corrected chi connectivity index (χ0v) is 25.6. The lowest BCUT2D eigenvalue weighted by molar-refractivity contribution is 0.415. The Hall–Kier alpha value is -3.68. The van der Waals surface area contributed by atoms with Crippen molar-refractivity contribution in [1.29, 1.82) is 0 Å². The van der Waals surface area contributed by atoms with Crippen LogP contribution in [-0.2, 0) is 0 Å². The Labute approximate surface area is 238 Å². The molecule has 4 rings (SSSR count). The van der Waals surface area contributed by atoms with Crippen molar-refractivity contribution in [3.05, 3.63) is 102 Å². The number of nitrogens with zero attached hydrogens (tertiary/aromatic N) is 1. The van der Waals surface area contributed by atoms with Gasteiger partial charge >= 0.3 is 8.32 Å². The quantitative estimate of drug-likeness (QED) is 0.194. The third kappa shape index (κ3) is 5.84. The number of rotatable bonds is 7. The Bertz CT molecular complexity index is 1400. The van der Waals surface area contributed by atoms with Crippen molar-refractivity contribution < 1.29 is 9.16 Å². The van der Waals surface area contributed by atoms with E-state index in [1.54, 1.807) is 7.11 Å². The number of pyridine rings is 1. The van der Waals surface area contributed by atoms with Crippen LogP contribution in [0.2, 0.25) is 5.04 Å². The molecule has 0 aliphatic heterocycles. The van der Waals surface area contributed by atoms with Crippen LogP contribution in [0.15, 0.2) is 84.9 Å². The molecule has 0 aliphatic rings. The predicted octanol–water partition coefficient (Wildman–Crippen LogP) is 6.76. The highest BCUT2D eigenvalue weighted by atomic mass is 32.1. The Morgan fingerprint density at radius 3 is 1.79 bits per heavy atom. The Balaban J connectivity index is 1.72. The second kappa shape index (κ2) is 11.6. The fourth-order valence-corrected chi connectivity index (χ4v) is 9.69. The van der Waals surface area contributed by atoms with E-state index < -0.39 is 8.32 Å². The van der Waals surface area contributed by atoms with Gasteiger partial charge in [0.15, 0.2) is 5.11 Å². The van der Waals surface area contributed by atoms with Gasteiger partial charge in [-0.25, -0.2) is 4.98 Å². The summed E-state index contributed by atoms with van der Waals surface area (Å²) < 4.78 is 12.6. The minimum Gasteiger partial charge on any atom is -0.533 e. The van der Waals surface area contributed by atoms with Crippen molar-refractivity contribution in [2.45, 2.75) is 46.6 Å². The molecule has 5 nitrogen and oxygen atoms in total. The molecule has 0 fully saturated rings. The standard InChI is InChI=1S/C32H37N3O2SSi/c1-22-23(2)30(35-31(38)34-25-18-20-26(36-7)21-19-25)33-24(3)29(22)37-39(32(4,5)6,27-14-10-8-11-15-27)28-16-12-9-13-17-28/h8-21H,1-7H3,(H2,33,34,35,38). The molecule has 1 heterocycles. The molecule has 0 unspecified atom stereocenters. The van der Waals surface area contributed by atoms with Gasteiger partial charge in [0.2, 0.25) is 0 Å². The second-order valence-electron chi connectivity index (χ2n) is 10.7. The SMILES string of the molecule is COc1ccc(NC(=S)Nc2nc(C)c(O[Si](c3ccccc3)(c3ccccc3)C(C)(C)C)c(C)c2C)cc1. The molecular weight excluding hydrogens is 519 g/mol. The fraction of sp³-hybridized carbons (Fsp3) is 0.250. The van der Waals surface area contributed by atoms with Gasteiger partial charge in [0.25, 0.3) is 0 Å². The van der Waals surface area contributed by atoms with Gasteiger partial charge in [0, 0.05) is 5.69 Å². The van der Waals surface area contributed by atoms with Crippen molar-refractivity contribution in [2.75, 3.05) is 17.7 Å². The number of anilines is 2. The second-order valence-corrected chi connectivity index (χ2v) is 15.3. The van der Waals surface area contributed by atoms with E-state index >= 15 is 0 Å². The number of hydrogen-bond donors (Lipinski definition) is 2. The van der Waals surface area contributed by atoms with Gasteiger partial charge in [-0.2, -0.15) is 0 Å². The first-order chi connectivity index (χ1) is 18.6. The Morgan fingerprint density at radius 1 is 0.769 bits per heavy atom. The summed E-state index contributed by atoms with van der Waals surface area (Å²) in [4.78, 5) is 4.93. The largest absolute Gasteiger partial charge is 0.533 e. The smallest absolute Gasteiger partial charge is 0.320 e. The van der Waals surface area contributed by atoms with E-state index in [1.807, 2.05) is 31.2 Å². The van der Waals surface area contributed by atoms with Crippen LogP contribution in [0.5, 0.6) is 11.5 Å². The van der Waals surface area contributed by atoms with Gasteiger partial charge in [0.05, 0.1) is 12.8 Å². The van der Waals surface area contributed by atoms with E-state index in [1.165, 1.54) is 10.4 Å². The van der Waals surface area contributed by atoms with E-state index in [2.05, 4.69) is 106 Å². The van der Waals surface area contributed by atoms with Gasteiger partial charge < -0.3 is 19.8 Å². The molecule has 2 N–H and O–H groups in total. The van der Waals surface area contributed by atoms with Crippen LogP contribution in [0.1, 0.15) is 37.6 Å². The lowest BCUT2D eigenvalue weighted by Gasteiger charge is -2.43. The first kappa shape index (κ1) is 28.3. The highest BCUT2D eigenvalue weighted by Crippen LogP contribution is 2.40. The van der Waals surface area contributed by atoms with E-state index in [4.69, 9.17) is 26.4 Å². The normalized spacial score (nSPS) is 11.6. The van der Waals surface area contributed by atoms with Crippen LogP contribution < -0.4 is 30.2 Å². The first-order valence-corrected chi connectivity index (χ1v) is 15.4. The molecule has 4 aromatic rings. The van der Waals surface area contributed by atoms with Gasteiger partial charge in [-0.1, -0.05) is 81.4 Å². The molecule has 0 saturated carbocycles. The van der Waals surface area contributed by atoms with E-state index in [0.717, 1.165) is 34.0 Å². The fourth-order valence-electron chi connectivity index (χ4n) is 4.94. The summed E-state index contributed by atoms with van der Waals surface area (Å²) in [5, 5.41) is 9.29. The molecule has 7 heteroatoms. The average Bonchev–Trinajstić information content (AvgIpc) is 2.92. The monoisotopic (exact) mass is 555 g/mol. The van der Waals surface area contributed by atoms with E-state index in [9.17, 15) is 0 Å². The van der Waals surface area contributed by atoms with Gasteiger partial charge in [-0.05, 0) is 83.8 Å². The highest BCUT2D eigenvalue weighted by molar-refractivity contribution is 7.80. The minimum absolute atomic E-state index is 0.150. The third-order valence-electron chi connectivity index (χ3n) is 7.12. The van der Waals surface area contributed by atoms with Crippen LogP contribution in [0.4, 0.5) is 11.5 Å². The van der Waals surface area contributed by atoms with Crippen LogP contribution in [-0.4, -0.2) is 25.5 Å². The molecule has 0 amide bonds. The third-order valence-corrected chi connectivity index (χ3v) is 12.2. The molecule has 0 saturated heterocycles. The lowest BCUT2D eigenvalue weighted by atomic mass is 10.1. The number of methoxy groups -OCH3 is 1. The number of ether oxygens (including phenoxy) is 1. The molecule has 0 aliphatic carbocycles. The molecule has 202 valence electrons. The Kier molecular flexibility index (Phi) is 8.42. The maximum absolute atomic E-state index is 7.35. The van der Waals surface area contributed by atoms with Crippen molar-refractivity contribution >= 4 is 47.5 Å². The Morgan fingerprint density at radius 2 is 1.31 bits per heavy atom. The average molecular weight is 556 g/mol. The summed E-state index contributed by atoms with van der Waals surface area (Å²) in [5.74, 6) is 2.34. The van der Waals surface area contributed by atoms with Crippen LogP contribution in [0, 0.1) is 20.8 Å². The molecule has 1 aromatic heterocycles. The summed E-state index contributed by atoms with van der Waals surface area (Å²) in [6, 6.07) is 28.9. The van der Waals surface area contributed by atoms with Gasteiger partial charge in [-0.3, -0.25) is 0 Å². The van der Waals surface area contributed by atoms with Crippen molar-refractivity contribution in [1.82, 2.24) is 4.98 Å². The van der Waals surface area contributed by atoms with E-state index in [-0.39, 0.29) is 5.04 Å². The zero-order valence-electron chi connectivity index (χ0n) is 23.8. The summed E-state index contributed by atoms with van der Waals surface area (Å²) in [6.45, 7) is 13.0. The maximum atomic E-state index is 7.35. The summed E-state index contributed by atoms with van der Waals surface area (Å²) in [7, 11) is -1.15. The van der Waals surface area contributed by atoms with Crippen molar-refractivity contribution in [3.63, 3.8) is 0 Å². The first-order valence-electron chi connectivity index (χ1n) is 13.1. The van der Waals surface area contributed by atoms with E-state index in [0.29, 0.717) is 10.9 Å². The maximum Gasteiger partial charge on any atom is 0.320 e. The molecule has 0 radical (unpaired) electrons. The summed E-state index contributed by atoms with van der Waals surface area (Å²) >= 11 is 5.60. The summed E-state index contributed by atoms with van der Waals surface area (Å²) in [6.07, 6.45) is 0. The van der Waals surface area contributed by atoms with Gasteiger partial charge in [0.1, 0.15) is 17.3 Å². The van der Waals surface area contributed by atoms with Crippen LogP contribution in [0.3, 0.4) is 0 Å². The molecule has 3 aromatic carbocycles. The van der Waals surface area contributed by atoms with Crippen LogP contribution in [0.25, 0.3) is 0 Å². The molecule has 39 heavy (non-hydrogen) atoms. The van der Waals surface area contributed by atoms with Gasteiger partial charge in [-0.15, -0.1) is 0 Å². The number of benzene rings is 3. The zero-order chi connectivity index (χ0) is 28.2. The molecule has 0 bridgehead atoms. The van der Waals surface area contributed by atoms with Crippen molar-refractivity contribution in [3.8, 4) is 11.5 Å². The lowest BCUT2D eigenvalue weighted by Crippen LogP contribution is -2.69. The highest BCUT2D eigenvalue weighted by Gasteiger charge is 2.52. The topological polar surface area (TPSA) is 55.4 Å². The van der Waals surface area contributed by atoms with Crippen LogP contribution >= 0.6 is 12.2 Å². The molecule has 0 atom stereocenters. The number of aromatic nitrogens is 1. The number of nitrogens with one attached hydrogen (secondary N) is 2.